The summed E-state index contributed by atoms with van der Waals surface area (Å²) in [5.74, 6) is 0.204. The average molecular weight is 262 g/mol. The SMILES string of the molecule is O=c1ccc2cc3c(O)c4ccccc4oc3cc2c1. The molecule has 4 aromatic rings. The van der Waals surface area contributed by atoms with Crippen LogP contribution in [0.2, 0.25) is 0 Å². The van der Waals surface area contributed by atoms with Crippen LogP contribution in [0, 0.1) is 0 Å². The summed E-state index contributed by atoms with van der Waals surface area (Å²) in [7, 11) is 0. The van der Waals surface area contributed by atoms with Gasteiger partial charge in [-0.2, -0.15) is 0 Å². The third-order valence-electron chi connectivity index (χ3n) is 3.53. The molecule has 4 rings (SSSR count). The van der Waals surface area contributed by atoms with Crippen molar-refractivity contribution in [3.05, 3.63) is 64.8 Å². The van der Waals surface area contributed by atoms with Crippen molar-refractivity contribution in [1.82, 2.24) is 0 Å². The zero-order chi connectivity index (χ0) is 13.7. The first-order chi connectivity index (χ1) is 9.72. The fourth-order valence-electron chi connectivity index (χ4n) is 2.54. The maximum atomic E-state index is 11.4. The topological polar surface area (TPSA) is 50.4 Å². The summed E-state index contributed by atoms with van der Waals surface area (Å²) in [5, 5.41) is 13.4. The van der Waals surface area contributed by atoms with Gasteiger partial charge in [0, 0.05) is 0 Å². The van der Waals surface area contributed by atoms with E-state index in [2.05, 4.69) is 0 Å². The number of benzene rings is 3. The zero-order valence-corrected chi connectivity index (χ0v) is 10.5. The van der Waals surface area contributed by atoms with Crippen molar-refractivity contribution < 1.29 is 9.52 Å². The molecule has 0 saturated heterocycles. The lowest BCUT2D eigenvalue weighted by Gasteiger charge is -2.07. The quantitative estimate of drug-likeness (QED) is 0.490. The van der Waals surface area contributed by atoms with E-state index < -0.39 is 0 Å². The highest BCUT2D eigenvalue weighted by Crippen LogP contribution is 2.35. The van der Waals surface area contributed by atoms with Gasteiger partial charge in [0.05, 0.1) is 10.8 Å². The van der Waals surface area contributed by atoms with Gasteiger partial charge in [0.1, 0.15) is 16.9 Å². The zero-order valence-electron chi connectivity index (χ0n) is 10.5. The van der Waals surface area contributed by atoms with E-state index in [0.717, 1.165) is 10.8 Å². The molecule has 0 aliphatic heterocycles. The summed E-state index contributed by atoms with van der Waals surface area (Å²) in [6.45, 7) is 0. The monoisotopic (exact) mass is 262 g/mol. The van der Waals surface area contributed by atoms with Crippen LogP contribution in [-0.4, -0.2) is 5.11 Å². The summed E-state index contributed by atoms with van der Waals surface area (Å²) in [6.07, 6.45) is 0. The summed E-state index contributed by atoms with van der Waals surface area (Å²) in [4.78, 5) is 11.4. The fraction of sp³-hybridized carbons (Fsp3) is 0. The van der Waals surface area contributed by atoms with E-state index in [0.29, 0.717) is 21.9 Å². The normalized spacial score (nSPS) is 11.4. The van der Waals surface area contributed by atoms with Crippen LogP contribution >= 0.6 is 0 Å². The largest absolute Gasteiger partial charge is 0.506 e. The van der Waals surface area contributed by atoms with Crippen LogP contribution in [0.4, 0.5) is 0 Å². The number of hydrogen-bond donors (Lipinski definition) is 1. The van der Waals surface area contributed by atoms with Crippen molar-refractivity contribution in [3.63, 3.8) is 0 Å². The molecule has 0 amide bonds. The second-order valence-electron chi connectivity index (χ2n) is 4.80. The Bertz CT molecular complexity index is 1030. The van der Waals surface area contributed by atoms with Crippen molar-refractivity contribution in [2.45, 2.75) is 0 Å². The minimum absolute atomic E-state index is 0.0399. The highest BCUT2D eigenvalue weighted by Gasteiger charge is 2.09. The number of hydrogen-bond acceptors (Lipinski definition) is 3. The summed E-state index contributed by atoms with van der Waals surface area (Å²) in [5.41, 5.74) is 1.15. The Morgan fingerprint density at radius 2 is 1.65 bits per heavy atom. The molecule has 96 valence electrons. The molecule has 0 spiro atoms. The molecule has 1 aromatic heterocycles. The fourth-order valence-corrected chi connectivity index (χ4v) is 2.54. The van der Waals surface area contributed by atoms with E-state index in [4.69, 9.17) is 4.42 Å². The van der Waals surface area contributed by atoms with Gasteiger partial charge in [0.25, 0.3) is 0 Å². The molecular weight excluding hydrogens is 252 g/mol. The van der Waals surface area contributed by atoms with Crippen LogP contribution in [0.3, 0.4) is 0 Å². The van der Waals surface area contributed by atoms with Gasteiger partial charge in [-0.05, 0) is 47.2 Å². The number of rotatable bonds is 0. The standard InChI is InChI=1S/C17H10O3/c18-12-6-5-10-8-14-16(9-11(10)7-12)20-15-4-2-1-3-13(15)17(14)19/h1-9,19H. The summed E-state index contributed by atoms with van der Waals surface area (Å²) < 4.78 is 5.81. The molecule has 0 bridgehead atoms. The number of aromatic hydroxyl groups is 1. The van der Waals surface area contributed by atoms with Gasteiger partial charge in [-0.15, -0.1) is 0 Å². The van der Waals surface area contributed by atoms with Crippen LogP contribution in [0.5, 0.6) is 5.75 Å². The van der Waals surface area contributed by atoms with Crippen molar-refractivity contribution in [2.24, 2.45) is 0 Å². The lowest BCUT2D eigenvalue weighted by molar-refractivity contribution is 0.484. The maximum Gasteiger partial charge on any atom is 0.179 e. The van der Waals surface area contributed by atoms with E-state index >= 15 is 0 Å². The molecule has 0 aliphatic rings. The second-order valence-corrected chi connectivity index (χ2v) is 4.80. The molecule has 1 N–H and O–H groups in total. The molecule has 3 aromatic carbocycles. The average Bonchev–Trinajstić information content (AvgIpc) is 2.46. The van der Waals surface area contributed by atoms with Gasteiger partial charge in [-0.1, -0.05) is 18.2 Å². The molecule has 0 saturated carbocycles. The van der Waals surface area contributed by atoms with Crippen molar-refractivity contribution in [2.75, 3.05) is 0 Å². The molecule has 3 heteroatoms. The van der Waals surface area contributed by atoms with E-state index in [-0.39, 0.29) is 11.2 Å². The first kappa shape index (κ1) is 11.1. The van der Waals surface area contributed by atoms with Crippen LogP contribution in [0.1, 0.15) is 0 Å². The third kappa shape index (κ3) is 1.50. The molecule has 0 aliphatic carbocycles. The van der Waals surface area contributed by atoms with E-state index in [9.17, 15) is 9.90 Å². The molecule has 0 unspecified atom stereocenters. The maximum absolute atomic E-state index is 11.4. The minimum atomic E-state index is -0.0399. The third-order valence-corrected chi connectivity index (χ3v) is 3.53. The Morgan fingerprint density at radius 1 is 0.800 bits per heavy atom. The molecule has 20 heavy (non-hydrogen) atoms. The Balaban J connectivity index is 2.24. The Hall–Kier alpha value is -2.81. The first-order valence-electron chi connectivity index (χ1n) is 6.31. The molecule has 0 fully saturated rings. The van der Waals surface area contributed by atoms with Gasteiger partial charge in [0.15, 0.2) is 5.43 Å². The predicted molar refractivity (Wildman–Crippen MR) is 79.2 cm³/mol. The van der Waals surface area contributed by atoms with Crippen LogP contribution in [0.15, 0.2) is 63.8 Å². The Morgan fingerprint density at radius 3 is 2.55 bits per heavy atom. The molecular formula is C17H10O3. The van der Waals surface area contributed by atoms with Crippen LogP contribution in [-0.2, 0) is 0 Å². The van der Waals surface area contributed by atoms with Crippen LogP contribution < -0.4 is 5.43 Å². The molecule has 0 atom stereocenters. The summed E-state index contributed by atoms with van der Waals surface area (Å²) in [6, 6.07) is 15.8. The predicted octanol–water partition coefficient (Wildman–Crippen LogP) is 3.81. The summed E-state index contributed by atoms with van der Waals surface area (Å²) >= 11 is 0. The second kappa shape index (κ2) is 3.84. The van der Waals surface area contributed by atoms with Crippen LogP contribution in [0.25, 0.3) is 32.7 Å². The van der Waals surface area contributed by atoms with Gasteiger partial charge in [-0.3, -0.25) is 4.79 Å². The Labute approximate surface area is 113 Å². The lowest BCUT2D eigenvalue weighted by Crippen LogP contribution is -1.94. The van der Waals surface area contributed by atoms with Gasteiger partial charge < -0.3 is 9.52 Å². The van der Waals surface area contributed by atoms with Gasteiger partial charge in [-0.25, -0.2) is 0 Å². The van der Waals surface area contributed by atoms with Crippen molar-refractivity contribution in [1.29, 1.82) is 0 Å². The highest BCUT2D eigenvalue weighted by atomic mass is 16.3. The number of fused-ring (bicyclic) bond motifs is 3. The smallest absolute Gasteiger partial charge is 0.179 e. The van der Waals surface area contributed by atoms with Gasteiger partial charge >= 0.3 is 0 Å². The molecule has 1 heterocycles. The highest BCUT2D eigenvalue weighted by molar-refractivity contribution is 6.04. The van der Waals surface area contributed by atoms with Gasteiger partial charge in [0.2, 0.25) is 0 Å². The first-order valence-corrected chi connectivity index (χ1v) is 6.31. The van der Waals surface area contributed by atoms with E-state index in [1.807, 2.05) is 30.3 Å². The van der Waals surface area contributed by atoms with Crippen molar-refractivity contribution in [3.8, 4) is 5.75 Å². The molecule has 0 radical (unpaired) electrons. The van der Waals surface area contributed by atoms with Crippen molar-refractivity contribution >= 4 is 32.7 Å². The van der Waals surface area contributed by atoms with E-state index in [1.165, 1.54) is 6.07 Å². The Kier molecular flexibility index (Phi) is 2.12. The number of para-hydroxylation sites is 1. The minimum Gasteiger partial charge on any atom is -0.506 e. The van der Waals surface area contributed by atoms with E-state index in [1.54, 1.807) is 18.2 Å². The molecule has 3 nitrogen and oxygen atoms in total. The lowest BCUT2D eigenvalue weighted by atomic mass is 10.1.